The predicted molar refractivity (Wildman–Crippen MR) is 124 cm³/mol. The molecule has 0 radical (unpaired) electrons. The van der Waals surface area contributed by atoms with Gasteiger partial charge in [0.25, 0.3) is 0 Å². The quantitative estimate of drug-likeness (QED) is 0.550. The Kier molecular flexibility index (Phi) is 4.83. The van der Waals surface area contributed by atoms with E-state index in [0.29, 0.717) is 16.9 Å². The molecule has 3 aromatic rings. The number of benzene rings is 2. The molecule has 31 heavy (non-hydrogen) atoms. The van der Waals surface area contributed by atoms with Crippen molar-refractivity contribution in [2.45, 2.75) is 19.4 Å². The summed E-state index contributed by atoms with van der Waals surface area (Å²) in [6.07, 6.45) is 6.59. The summed E-state index contributed by atoms with van der Waals surface area (Å²) in [6, 6.07) is 18.1. The Labute approximate surface area is 184 Å². The van der Waals surface area contributed by atoms with E-state index in [1.165, 1.54) is 16.9 Å². The zero-order chi connectivity index (χ0) is 21.5. The number of rotatable bonds is 5. The molecule has 0 amide bonds. The molecule has 1 aromatic heterocycles. The highest BCUT2D eigenvalue weighted by Crippen LogP contribution is 2.39. The van der Waals surface area contributed by atoms with Gasteiger partial charge in [-0.15, -0.1) is 11.3 Å². The van der Waals surface area contributed by atoms with E-state index in [0.717, 1.165) is 26.8 Å². The van der Waals surface area contributed by atoms with Gasteiger partial charge < -0.3 is 10.0 Å². The van der Waals surface area contributed by atoms with Crippen LogP contribution in [0.1, 0.15) is 27.2 Å². The number of carbonyl (C=O) groups is 2. The number of aliphatic carboxylic acids is 1. The van der Waals surface area contributed by atoms with Crippen LogP contribution in [0.2, 0.25) is 0 Å². The first kappa shape index (κ1) is 19.5. The van der Waals surface area contributed by atoms with Crippen LogP contribution in [0.25, 0.3) is 15.7 Å². The minimum absolute atomic E-state index is 0.0458. The maximum atomic E-state index is 13.5. The van der Waals surface area contributed by atoms with Crippen LogP contribution in [0.5, 0.6) is 0 Å². The fourth-order valence-corrected chi connectivity index (χ4v) is 5.28. The van der Waals surface area contributed by atoms with Crippen molar-refractivity contribution in [3.8, 4) is 0 Å². The monoisotopic (exact) mass is 427 g/mol. The maximum Gasteiger partial charge on any atom is 0.323 e. The molecule has 1 N–H and O–H groups in total. The number of carbonyl (C=O) groups excluding carboxylic acids is 1. The molecule has 0 saturated carbocycles. The second kappa shape index (κ2) is 7.67. The topological polar surface area (TPSA) is 57.6 Å². The number of hydrogen-bond donors (Lipinski definition) is 1. The molecule has 4 nitrogen and oxygen atoms in total. The van der Waals surface area contributed by atoms with Crippen molar-refractivity contribution in [1.29, 1.82) is 0 Å². The predicted octanol–water partition coefficient (Wildman–Crippen LogP) is 5.46. The van der Waals surface area contributed by atoms with Gasteiger partial charge in [-0.1, -0.05) is 54.1 Å². The largest absolute Gasteiger partial charge is 0.480 e. The van der Waals surface area contributed by atoms with E-state index in [9.17, 15) is 14.7 Å². The molecule has 0 fully saturated rings. The van der Waals surface area contributed by atoms with Gasteiger partial charge in [0.05, 0.1) is 10.9 Å². The molecule has 0 spiro atoms. The second-order valence-corrected chi connectivity index (χ2v) is 9.05. The van der Waals surface area contributed by atoms with Gasteiger partial charge in [-0.2, -0.15) is 0 Å². The Morgan fingerprint density at radius 1 is 1.13 bits per heavy atom. The zero-order valence-electron chi connectivity index (χ0n) is 17.0. The van der Waals surface area contributed by atoms with Gasteiger partial charge >= 0.3 is 5.97 Å². The number of thiophene rings is 1. The lowest BCUT2D eigenvalue weighted by molar-refractivity contribution is -0.137. The van der Waals surface area contributed by atoms with Crippen LogP contribution in [-0.2, 0) is 4.79 Å². The van der Waals surface area contributed by atoms with E-state index < -0.39 is 5.97 Å². The zero-order valence-corrected chi connectivity index (χ0v) is 17.9. The molecule has 5 heteroatoms. The number of hydrogen-bond acceptors (Lipinski definition) is 4. The summed E-state index contributed by atoms with van der Waals surface area (Å²) in [5, 5.41) is 10.4. The van der Waals surface area contributed by atoms with Crippen molar-refractivity contribution in [3.05, 3.63) is 100 Å². The summed E-state index contributed by atoms with van der Waals surface area (Å²) in [7, 11) is 0. The molecule has 2 aliphatic rings. The van der Waals surface area contributed by atoms with E-state index in [4.69, 9.17) is 0 Å². The van der Waals surface area contributed by atoms with E-state index >= 15 is 0 Å². The van der Waals surface area contributed by atoms with Gasteiger partial charge in [-0.3, -0.25) is 9.59 Å². The molecule has 5 rings (SSSR count). The number of aryl methyl sites for hydroxylation is 1. The SMILES string of the molecule is Cc1ccc(C2=CCC3C(=C2)C(C(=O)c2cc4ccccc4s2)=CN3CC(=O)O)cc1. The van der Waals surface area contributed by atoms with Gasteiger partial charge in [-0.25, -0.2) is 0 Å². The fourth-order valence-electron chi connectivity index (χ4n) is 4.27. The first-order valence-corrected chi connectivity index (χ1v) is 11.0. The maximum absolute atomic E-state index is 13.5. The Bertz CT molecular complexity index is 1260. The van der Waals surface area contributed by atoms with E-state index in [1.54, 1.807) is 11.1 Å². The average molecular weight is 428 g/mol. The first-order valence-electron chi connectivity index (χ1n) is 10.2. The van der Waals surface area contributed by atoms with E-state index in [2.05, 4.69) is 43.3 Å². The third kappa shape index (κ3) is 3.62. The van der Waals surface area contributed by atoms with Crippen LogP contribution < -0.4 is 0 Å². The highest BCUT2D eigenvalue weighted by Gasteiger charge is 2.36. The molecule has 1 aliphatic heterocycles. The second-order valence-electron chi connectivity index (χ2n) is 7.96. The van der Waals surface area contributed by atoms with Gasteiger partial charge in [0.1, 0.15) is 6.54 Å². The third-order valence-electron chi connectivity index (χ3n) is 5.83. The van der Waals surface area contributed by atoms with Crippen LogP contribution in [-0.4, -0.2) is 34.3 Å². The Morgan fingerprint density at radius 3 is 2.65 bits per heavy atom. The molecular formula is C26H21NO3S. The summed E-state index contributed by atoms with van der Waals surface area (Å²) in [4.78, 5) is 27.4. The van der Waals surface area contributed by atoms with Crippen molar-refractivity contribution < 1.29 is 14.7 Å². The Hall–Kier alpha value is -3.44. The summed E-state index contributed by atoms with van der Waals surface area (Å²) < 4.78 is 1.07. The third-order valence-corrected chi connectivity index (χ3v) is 6.95. The van der Waals surface area contributed by atoms with Crippen molar-refractivity contribution in [2.24, 2.45) is 0 Å². The summed E-state index contributed by atoms with van der Waals surface area (Å²) in [6.45, 7) is 1.93. The molecular weight excluding hydrogens is 406 g/mol. The Balaban J connectivity index is 1.54. The summed E-state index contributed by atoms with van der Waals surface area (Å²) >= 11 is 1.48. The lowest BCUT2D eigenvalue weighted by Gasteiger charge is -2.27. The van der Waals surface area contributed by atoms with E-state index in [-0.39, 0.29) is 18.4 Å². The molecule has 0 bridgehead atoms. The van der Waals surface area contributed by atoms with Gasteiger partial charge in [0.15, 0.2) is 0 Å². The highest BCUT2D eigenvalue weighted by atomic mass is 32.1. The lowest BCUT2D eigenvalue weighted by Crippen LogP contribution is -2.33. The van der Waals surface area contributed by atoms with Crippen molar-refractivity contribution >= 4 is 38.7 Å². The summed E-state index contributed by atoms with van der Waals surface area (Å²) in [5.74, 6) is -0.949. The van der Waals surface area contributed by atoms with Gasteiger partial charge in [-0.05, 0) is 53.6 Å². The number of fused-ring (bicyclic) bond motifs is 2. The number of allylic oxidation sites excluding steroid dienone is 2. The van der Waals surface area contributed by atoms with Crippen molar-refractivity contribution in [2.75, 3.05) is 6.54 Å². The van der Waals surface area contributed by atoms with E-state index in [1.807, 2.05) is 30.3 Å². The number of Topliss-reactive ketones (excluding diaryl/α,β-unsaturated/α-hetero) is 1. The molecule has 0 saturated heterocycles. The number of carboxylic acids is 1. The standard InChI is InChI=1S/C26H21NO3S/c1-16-6-8-17(9-7-16)18-10-11-22-20(12-18)21(14-27(22)15-25(28)29)26(30)24-13-19-4-2-3-5-23(19)31-24/h2-10,12-14,22H,11,15H2,1H3,(H,28,29). The molecule has 154 valence electrons. The molecule has 2 aromatic carbocycles. The van der Waals surface area contributed by atoms with Crippen molar-refractivity contribution in [1.82, 2.24) is 4.90 Å². The van der Waals surface area contributed by atoms with Crippen molar-refractivity contribution in [3.63, 3.8) is 0 Å². The minimum atomic E-state index is -0.903. The van der Waals surface area contributed by atoms with Crippen LogP contribution in [0.3, 0.4) is 0 Å². The van der Waals surface area contributed by atoms with Crippen LogP contribution >= 0.6 is 11.3 Å². The minimum Gasteiger partial charge on any atom is -0.480 e. The molecule has 1 atom stereocenters. The first-order chi connectivity index (χ1) is 15.0. The lowest BCUT2D eigenvalue weighted by atomic mass is 9.87. The number of carboxylic acid groups (broad SMARTS) is 1. The van der Waals surface area contributed by atoms with Crippen LogP contribution in [0, 0.1) is 6.92 Å². The highest BCUT2D eigenvalue weighted by molar-refractivity contribution is 7.21. The van der Waals surface area contributed by atoms with Gasteiger partial charge in [0.2, 0.25) is 5.78 Å². The average Bonchev–Trinajstić information content (AvgIpc) is 3.35. The van der Waals surface area contributed by atoms with Crippen LogP contribution in [0.4, 0.5) is 0 Å². The van der Waals surface area contributed by atoms with Crippen LogP contribution in [0.15, 0.2) is 84.1 Å². The number of ketones is 1. The molecule has 1 aliphatic carbocycles. The summed E-state index contributed by atoms with van der Waals surface area (Å²) in [5.41, 5.74) is 4.86. The van der Waals surface area contributed by atoms with Gasteiger partial charge in [0, 0.05) is 16.5 Å². The molecule has 2 heterocycles. The fraction of sp³-hybridized carbons (Fsp3) is 0.154. The Morgan fingerprint density at radius 2 is 1.90 bits per heavy atom. The smallest absolute Gasteiger partial charge is 0.323 e. The normalized spacial score (nSPS) is 17.8. The number of nitrogens with zero attached hydrogens (tertiary/aromatic N) is 1. The molecule has 1 unspecified atom stereocenters.